The summed E-state index contributed by atoms with van der Waals surface area (Å²) in [5.74, 6) is 6.14. The average Bonchev–Trinajstić information content (AvgIpc) is 2.51. The van der Waals surface area contributed by atoms with E-state index < -0.39 is 0 Å². The fourth-order valence-electron chi connectivity index (χ4n) is 1.91. The predicted molar refractivity (Wildman–Crippen MR) is 83.3 cm³/mol. The number of hydrogen-bond acceptors (Lipinski definition) is 3. The molecule has 0 aliphatic rings. The van der Waals surface area contributed by atoms with Crippen LogP contribution in [0.1, 0.15) is 38.3 Å². The normalized spacial score (nSPS) is 13.1. The molecular formula is C15H26N4O. The molecule has 112 valence electrons. The van der Waals surface area contributed by atoms with Crippen LogP contribution in [0.4, 0.5) is 0 Å². The molecule has 0 aliphatic carbocycles. The van der Waals surface area contributed by atoms with E-state index in [1.807, 2.05) is 25.1 Å². The summed E-state index contributed by atoms with van der Waals surface area (Å²) in [6, 6.07) is 10.5. The van der Waals surface area contributed by atoms with Crippen molar-refractivity contribution < 1.29 is 4.74 Å². The van der Waals surface area contributed by atoms with E-state index >= 15 is 0 Å². The third-order valence-electron chi connectivity index (χ3n) is 2.98. The van der Waals surface area contributed by atoms with Crippen molar-refractivity contribution >= 4 is 5.96 Å². The van der Waals surface area contributed by atoms with E-state index in [1.165, 1.54) is 5.56 Å². The van der Waals surface area contributed by atoms with E-state index in [9.17, 15) is 0 Å². The molecule has 0 radical (unpaired) electrons. The lowest BCUT2D eigenvalue weighted by atomic mass is 10.1. The van der Waals surface area contributed by atoms with Crippen LogP contribution in [0.5, 0.6) is 0 Å². The van der Waals surface area contributed by atoms with Gasteiger partial charge in [0.2, 0.25) is 5.96 Å². The highest BCUT2D eigenvalue weighted by molar-refractivity contribution is 5.79. The van der Waals surface area contributed by atoms with Crippen LogP contribution in [0.15, 0.2) is 35.3 Å². The van der Waals surface area contributed by atoms with Gasteiger partial charge in [-0.05, 0) is 25.3 Å². The zero-order valence-electron chi connectivity index (χ0n) is 12.4. The molecule has 1 aromatic rings. The molecule has 5 heteroatoms. The lowest BCUT2D eigenvalue weighted by Crippen LogP contribution is -2.43. The van der Waals surface area contributed by atoms with Crippen LogP contribution in [0.3, 0.4) is 0 Å². The molecule has 0 amide bonds. The van der Waals surface area contributed by atoms with Crippen molar-refractivity contribution in [2.75, 3.05) is 19.8 Å². The van der Waals surface area contributed by atoms with E-state index in [1.54, 1.807) is 0 Å². The van der Waals surface area contributed by atoms with Gasteiger partial charge in [0.05, 0.1) is 6.04 Å². The Labute approximate surface area is 121 Å². The number of hydrogen-bond donors (Lipinski definition) is 3. The molecule has 5 nitrogen and oxygen atoms in total. The maximum Gasteiger partial charge on any atom is 0.206 e. The number of nitrogens with zero attached hydrogens (tertiary/aromatic N) is 1. The van der Waals surface area contributed by atoms with Gasteiger partial charge < -0.3 is 10.1 Å². The summed E-state index contributed by atoms with van der Waals surface area (Å²) in [7, 11) is 0. The summed E-state index contributed by atoms with van der Waals surface area (Å²) in [4.78, 5) is 4.42. The van der Waals surface area contributed by atoms with Gasteiger partial charge in [0.1, 0.15) is 0 Å². The first-order valence-corrected chi connectivity index (χ1v) is 7.22. The first-order valence-electron chi connectivity index (χ1n) is 7.22. The standard InChI is InChI=1S/C15H26N4O/c1-3-14(13-9-6-5-7-10-13)18-15(19-16)17-11-8-12-20-4-2/h5-7,9-10,14H,3-4,8,11-12,16H2,1-2H3,(H2,17,18,19). The number of nitrogens with one attached hydrogen (secondary N) is 2. The van der Waals surface area contributed by atoms with E-state index in [2.05, 4.69) is 34.8 Å². The maximum atomic E-state index is 5.52. The van der Waals surface area contributed by atoms with Crippen LogP contribution in [-0.2, 0) is 4.74 Å². The average molecular weight is 278 g/mol. The molecule has 0 spiro atoms. The Hall–Kier alpha value is -1.59. The Balaban J connectivity index is 2.50. The minimum atomic E-state index is 0.206. The smallest absolute Gasteiger partial charge is 0.206 e. The summed E-state index contributed by atoms with van der Waals surface area (Å²) in [6.07, 6.45) is 1.85. The molecule has 0 saturated heterocycles. The van der Waals surface area contributed by atoms with Gasteiger partial charge >= 0.3 is 0 Å². The van der Waals surface area contributed by atoms with Crippen LogP contribution in [-0.4, -0.2) is 25.7 Å². The van der Waals surface area contributed by atoms with Gasteiger partial charge in [0.25, 0.3) is 0 Å². The highest BCUT2D eigenvalue weighted by atomic mass is 16.5. The second kappa shape index (κ2) is 10.2. The van der Waals surface area contributed by atoms with E-state index in [4.69, 9.17) is 10.6 Å². The van der Waals surface area contributed by atoms with E-state index in [0.29, 0.717) is 12.5 Å². The van der Waals surface area contributed by atoms with Crippen LogP contribution in [0.2, 0.25) is 0 Å². The molecule has 0 heterocycles. The molecular weight excluding hydrogens is 252 g/mol. The minimum Gasteiger partial charge on any atom is -0.382 e. The fourth-order valence-corrected chi connectivity index (χ4v) is 1.91. The van der Waals surface area contributed by atoms with Gasteiger partial charge in [-0.3, -0.25) is 10.4 Å². The van der Waals surface area contributed by atoms with Gasteiger partial charge in [-0.1, -0.05) is 37.3 Å². The minimum absolute atomic E-state index is 0.206. The lowest BCUT2D eigenvalue weighted by Gasteiger charge is -2.19. The van der Waals surface area contributed by atoms with Crippen LogP contribution < -0.4 is 16.6 Å². The summed E-state index contributed by atoms with van der Waals surface area (Å²) >= 11 is 0. The number of nitrogens with two attached hydrogens (primary N) is 1. The van der Waals surface area contributed by atoms with Crippen LogP contribution in [0, 0.1) is 0 Å². The van der Waals surface area contributed by atoms with Crippen LogP contribution >= 0.6 is 0 Å². The molecule has 0 aliphatic heterocycles. The molecule has 0 saturated carbocycles. The quantitative estimate of drug-likeness (QED) is 0.223. The Morgan fingerprint density at radius 3 is 2.65 bits per heavy atom. The molecule has 0 bridgehead atoms. The topological polar surface area (TPSA) is 71.7 Å². The van der Waals surface area contributed by atoms with Gasteiger partial charge in [-0.25, -0.2) is 5.84 Å². The van der Waals surface area contributed by atoms with Crippen molar-refractivity contribution in [2.45, 2.75) is 32.7 Å². The summed E-state index contributed by atoms with van der Waals surface area (Å²) in [5.41, 5.74) is 3.85. The fraction of sp³-hybridized carbons (Fsp3) is 0.533. The van der Waals surface area contributed by atoms with E-state index in [-0.39, 0.29) is 6.04 Å². The third-order valence-corrected chi connectivity index (χ3v) is 2.98. The summed E-state index contributed by atoms with van der Waals surface area (Å²) < 4.78 is 5.28. The number of aliphatic imine (C=N–C) groups is 1. The lowest BCUT2D eigenvalue weighted by molar-refractivity contribution is 0.146. The zero-order valence-corrected chi connectivity index (χ0v) is 12.4. The Morgan fingerprint density at radius 1 is 1.30 bits per heavy atom. The number of hydrazine groups is 1. The number of guanidine groups is 1. The molecule has 1 atom stereocenters. The first-order chi connectivity index (χ1) is 9.81. The number of rotatable bonds is 8. The second-order valence-electron chi connectivity index (χ2n) is 4.44. The Bertz CT molecular complexity index is 381. The van der Waals surface area contributed by atoms with Crippen molar-refractivity contribution in [3.05, 3.63) is 35.9 Å². The SMILES string of the molecule is CCOCCCN=C(NN)NC(CC)c1ccccc1. The monoisotopic (exact) mass is 278 g/mol. The van der Waals surface area contributed by atoms with Crippen molar-refractivity contribution in [1.82, 2.24) is 10.7 Å². The van der Waals surface area contributed by atoms with Crippen molar-refractivity contribution in [3.8, 4) is 0 Å². The Kier molecular flexibility index (Phi) is 8.42. The van der Waals surface area contributed by atoms with Gasteiger partial charge in [-0.15, -0.1) is 0 Å². The number of benzene rings is 1. The maximum absolute atomic E-state index is 5.52. The molecule has 4 N–H and O–H groups in total. The first kappa shape index (κ1) is 16.5. The summed E-state index contributed by atoms with van der Waals surface area (Å²) in [6.45, 7) is 6.29. The second-order valence-corrected chi connectivity index (χ2v) is 4.44. The van der Waals surface area contributed by atoms with Crippen LogP contribution in [0.25, 0.3) is 0 Å². The zero-order chi connectivity index (χ0) is 14.6. The van der Waals surface area contributed by atoms with Crippen molar-refractivity contribution in [3.63, 3.8) is 0 Å². The Morgan fingerprint density at radius 2 is 2.05 bits per heavy atom. The van der Waals surface area contributed by atoms with Gasteiger partial charge in [0, 0.05) is 19.8 Å². The highest BCUT2D eigenvalue weighted by Crippen LogP contribution is 2.15. The van der Waals surface area contributed by atoms with Crippen molar-refractivity contribution in [1.29, 1.82) is 0 Å². The molecule has 1 unspecified atom stereocenters. The molecule has 1 aromatic carbocycles. The summed E-state index contributed by atoms with van der Waals surface area (Å²) in [5, 5.41) is 3.33. The number of ether oxygens (including phenoxy) is 1. The molecule has 20 heavy (non-hydrogen) atoms. The molecule has 0 fully saturated rings. The van der Waals surface area contributed by atoms with Gasteiger partial charge in [0.15, 0.2) is 0 Å². The highest BCUT2D eigenvalue weighted by Gasteiger charge is 2.09. The largest absolute Gasteiger partial charge is 0.382 e. The third kappa shape index (κ3) is 6.04. The van der Waals surface area contributed by atoms with Crippen molar-refractivity contribution in [2.24, 2.45) is 10.8 Å². The van der Waals surface area contributed by atoms with E-state index in [0.717, 1.165) is 26.1 Å². The molecule has 1 rings (SSSR count). The predicted octanol–water partition coefficient (Wildman–Crippen LogP) is 1.97. The van der Waals surface area contributed by atoms with Gasteiger partial charge in [-0.2, -0.15) is 0 Å². The molecule has 0 aromatic heterocycles.